The van der Waals surface area contributed by atoms with Gasteiger partial charge in [0.15, 0.2) is 5.96 Å². The first-order valence-corrected chi connectivity index (χ1v) is 9.17. The number of likely N-dealkylation sites (tertiary alicyclic amines) is 1. The molecule has 27 heavy (non-hydrogen) atoms. The largest absolute Gasteiger partial charge is 0.508 e. The minimum Gasteiger partial charge on any atom is -0.508 e. The second kappa shape index (κ2) is 11.9. The summed E-state index contributed by atoms with van der Waals surface area (Å²) in [4.78, 5) is 18.5. The molecular weight excluding hydrogens is 459 g/mol. The quantitative estimate of drug-likeness (QED) is 0.324. The van der Waals surface area contributed by atoms with E-state index in [1.807, 2.05) is 6.92 Å². The van der Waals surface area contributed by atoms with Gasteiger partial charge in [0, 0.05) is 38.7 Å². The number of phenols is 1. The average Bonchev–Trinajstić information content (AvgIpc) is 2.67. The molecule has 8 heteroatoms. The zero-order valence-electron chi connectivity index (χ0n) is 16.3. The van der Waals surface area contributed by atoms with E-state index in [4.69, 9.17) is 4.74 Å². The van der Waals surface area contributed by atoms with E-state index in [-0.39, 0.29) is 35.6 Å². The van der Waals surface area contributed by atoms with Crippen molar-refractivity contribution in [3.05, 3.63) is 23.8 Å². The number of methoxy groups -OCH3 is 1. The number of rotatable bonds is 6. The summed E-state index contributed by atoms with van der Waals surface area (Å²) in [5, 5.41) is 16.0. The van der Waals surface area contributed by atoms with E-state index in [2.05, 4.69) is 20.5 Å². The highest BCUT2D eigenvalue weighted by Gasteiger charge is 2.23. The van der Waals surface area contributed by atoms with Gasteiger partial charge in [-0.05, 0) is 43.9 Å². The zero-order chi connectivity index (χ0) is 18.9. The number of hydrogen-bond acceptors (Lipinski definition) is 4. The third-order valence-electron chi connectivity index (χ3n) is 4.69. The lowest BCUT2D eigenvalue weighted by molar-refractivity contribution is -0.121. The number of guanidine groups is 1. The third kappa shape index (κ3) is 7.08. The van der Waals surface area contributed by atoms with Crippen LogP contribution in [-0.4, -0.2) is 55.7 Å². The van der Waals surface area contributed by atoms with Gasteiger partial charge in [-0.25, -0.2) is 4.99 Å². The third-order valence-corrected chi connectivity index (χ3v) is 4.69. The zero-order valence-corrected chi connectivity index (χ0v) is 18.7. The summed E-state index contributed by atoms with van der Waals surface area (Å²) >= 11 is 0. The number of nitrogens with one attached hydrogen (secondary N) is 2. The Hall–Kier alpha value is -1.71. The van der Waals surface area contributed by atoms with Gasteiger partial charge in [0.2, 0.25) is 5.91 Å². The molecule has 0 atom stereocenters. The van der Waals surface area contributed by atoms with E-state index in [0.29, 0.717) is 24.6 Å². The van der Waals surface area contributed by atoms with E-state index < -0.39 is 0 Å². The van der Waals surface area contributed by atoms with Crippen molar-refractivity contribution in [2.45, 2.75) is 32.7 Å². The number of piperidine rings is 1. The smallest absolute Gasteiger partial charge is 0.220 e. The lowest BCUT2D eigenvalue weighted by atomic mass is 9.93. The summed E-state index contributed by atoms with van der Waals surface area (Å²) in [6.07, 6.45) is 2.54. The Kier molecular flexibility index (Phi) is 10.3. The molecule has 2 rings (SSSR count). The lowest BCUT2D eigenvalue weighted by Gasteiger charge is -2.34. The molecule has 0 spiro atoms. The van der Waals surface area contributed by atoms with Gasteiger partial charge < -0.3 is 25.4 Å². The molecule has 0 unspecified atom stereocenters. The van der Waals surface area contributed by atoms with Crippen molar-refractivity contribution in [1.82, 2.24) is 15.5 Å². The van der Waals surface area contributed by atoms with Crippen LogP contribution >= 0.6 is 24.0 Å². The summed E-state index contributed by atoms with van der Waals surface area (Å²) in [7, 11) is 3.29. The number of hydrogen-bond donors (Lipinski definition) is 3. The van der Waals surface area contributed by atoms with Gasteiger partial charge in [0.1, 0.15) is 11.5 Å². The minimum atomic E-state index is 0. The number of phenolic OH excluding ortho intramolecular Hbond substituents is 1. The number of carbonyl (C=O) groups excluding carboxylic acids is 1. The van der Waals surface area contributed by atoms with Crippen LogP contribution in [0.3, 0.4) is 0 Å². The molecule has 1 aromatic rings. The van der Waals surface area contributed by atoms with E-state index >= 15 is 0 Å². The number of halogens is 1. The molecule has 1 fully saturated rings. The van der Waals surface area contributed by atoms with Gasteiger partial charge in [0.25, 0.3) is 0 Å². The molecule has 1 amide bonds. The molecule has 0 radical (unpaired) electrons. The second-order valence-electron chi connectivity index (χ2n) is 6.47. The summed E-state index contributed by atoms with van der Waals surface area (Å²) in [5.74, 6) is 2.30. The van der Waals surface area contributed by atoms with Crippen molar-refractivity contribution in [2.75, 3.05) is 33.8 Å². The molecule has 1 saturated heterocycles. The van der Waals surface area contributed by atoms with Crippen LogP contribution in [0.25, 0.3) is 0 Å². The first-order chi connectivity index (χ1) is 12.6. The molecule has 0 aliphatic carbocycles. The van der Waals surface area contributed by atoms with Crippen LogP contribution < -0.4 is 15.4 Å². The Balaban J connectivity index is 0.00000364. The number of carbonyl (C=O) groups is 1. The fourth-order valence-corrected chi connectivity index (χ4v) is 3.11. The van der Waals surface area contributed by atoms with Crippen LogP contribution in [0.15, 0.2) is 23.2 Å². The van der Waals surface area contributed by atoms with Gasteiger partial charge >= 0.3 is 0 Å². The number of ether oxygens (including phenoxy) is 1. The fourth-order valence-electron chi connectivity index (χ4n) is 3.11. The molecule has 1 aromatic carbocycles. The molecule has 0 bridgehead atoms. The molecule has 1 aliphatic heterocycles. The number of aromatic hydroxyl groups is 1. The van der Waals surface area contributed by atoms with Crippen molar-refractivity contribution in [2.24, 2.45) is 10.9 Å². The van der Waals surface area contributed by atoms with E-state index in [1.165, 1.54) is 0 Å². The Labute approximate surface area is 178 Å². The van der Waals surface area contributed by atoms with Crippen molar-refractivity contribution in [1.29, 1.82) is 0 Å². The first-order valence-electron chi connectivity index (χ1n) is 9.17. The average molecular weight is 490 g/mol. The normalized spacial score (nSPS) is 15.1. The monoisotopic (exact) mass is 490 g/mol. The van der Waals surface area contributed by atoms with Crippen LogP contribution in [0.1, 0.15) is 31.7 Å². The SMILES string of the molecule is CCNC(=NCc1cc(OC)ccc1O)N1CCC(CC(=O)NC)CC1.I. The maximum Gasteiger partial charge on any atom is 0.220 e. The predicted molar refractivity (Wildman–Crippen MR) is 118 cm³/mol. The number of benzene rings is 1. The van der Waals surface area contributed by atoms with Crippen LogP contribution in [0.5, 0.6) is 11.5 Å². The van der Waals surface area contributed by atoms with E-state index in [0.717, 1.165) is 44.0 Å². The van der Waals surface area contributed by atoms with Crippen LogP contribution in [0, 0.1) is 5.92 Å². The molecule has 1 heterocycles. The van der Waals surface area contributed by atoms with Crippen LogP contribution in [-0.2, 0) is 11.3 Å². The minimum absolute atomic E-state index is 0. The van der Waals surface area contributed by atoms with Crippen LogP contribution in [0.4, 0.5) is 0 Å². The number of amides is 1. The molecule has 0 saturated carbocycles. The second-order valence-corrected chi connectivity index (χ2v) is 6.47. The Morgan fingerprint density at radius 3 is 2.67 bits per heavy atom. The van der Waals surface area contributed by atoms with Gasteiger partial charge in [-0.15, -0.1) is 24.0 Å². The predicted octanol–water partition coefficient (Wildman–Crippen LogP) is 2.33. The van der Waals surface area contributed by atoms with Gasteiger partial charge in [-0.1, -0.05) is 0 Å². The summed E-state index contributed by atoms with van der Waals surface area (Å²) in [6.45, 7) is 4.94. The van der Waals surface area contributed by atoms with Crippen molar-refractivity contribution < 1.29 is 14.6 Å². The Morgan fingerprint density at radius 2 is 2.07 bits per heavy atom. The van der Waals surface area contributed by atoms with Crippen molar-refractivity contribution >= 4 is 35.8 Å². The van der Waals surface area contributed by atoms with Crippen molar-refractivity contribution in [3.8, 4) is 11.5 Å². The fraction of sp³-hybridized carbons (Fsp3) is 0.579. The standard InChI is InChI=1S/C19H30N4O3.HI/c1-4-21-19(22-13-15-12-16(26-3)5-6-17(15)24)23-9-7-14(8-10-23)11-18(25)20-2;/h5-6,12,14,24H,4,7-11,13H2,1-3H3,(H,20,25)(H,21,22);1H. The summed E-state index contributed by atoms with van der Waals surface area (Å²) in [5.41, 5.74) is 0.731. The van der Waals surface area contributed by atoms with E-state index in [1.54, 1.807) is 32.4 Å². The highest BCUT2D eigenvalue weighted by Crippen LogP contribution is 2.24. The Morgan fingerprint density at radius 1 is 1.37 bits per heavy atom. The Bertz CT molecular complexity index is 631. The summed E-state index contributed by atoms with van der Waals surface area (Å²) < 4.78 is 5.21. The maximum absolute atomic E-state index is 11.5. The van der Waals surface area contributed by atoms with Gasteiger partial charge in [-0.2, -0.15) is 0 Å². The molecule has 152 valence electrons. The topological polar surface area (TPSA) is 86.2 Å². The maximum atomic E-state index is 11.5. The van der Waals surface area contributed by atoms with Gasteiger partial charge in [-0.3, -0.25) is 4.79 Å². The number of aliphatic imine (C=N–C) groups is 1. The highest BCUT2D eigenvalue weighted by atomic mass is 127. The molecular formula is C19H31IN4O3. The van der Waals surface area contributed by atoms with Crippen molar-refractivity contribution in [3.63, 3.8) is 0 Å². The lowest BCUT2D eigenvalue weighted by Crippen LogP contribution is -2.46. The molecule has 7 nitrogen and oxygen atoms in total. The first kappa shape index (κ1) is 23.3. The van der Waals surface area contributed by atoms with Gasteiger partial charge in [0.05, 0.1) is 13.7 Å². The molecule has 1 aliphatic rings. The number of nitrogens with zero attached hydrogens (tertiary/aromatic N) is 2. The highest BCUT2D eigenvalue weighted by molar-refractivity contribution is 14.0. The van der Waals surface area contributed by atoms with E-state index in [9.17, 15) is 9.90 Å². The summed E-state index contributed by atoms with van der Waals surface area (Å²) in [6, 6.07) is 5.16. The van der Waals surface area contributed by atoms with Crippen LogP contribution in [0.2, 0.25) is 0 Å². The molecule has 0 aromatic heterocycles. The molecule has 3 N–H and O–H groups in total.